The molecule has 3 heteroatoms. The Bertz CT molecular complexity index is 186. The SMILES string of the molecule is C1COC2(C1)CCOC21CCO1. The average Bonchev–Trinajstić information content (AvgIpc) is 2.57. The summed E-state index contributed by atoms with van der Waals surface area (Å²) < 4.78 is 17.0. The zero-order valence-corrected chi connectivity index (χ0v) is 7.17. The first-order chi connectivity index (χ1) is 5.87. The Morgan fingerprint density at radius 3 is 2.17 bits per heavy atom. The van der Waals surface area contributed by atoms with Crippen LogP contribution in [0, 0.1) is 0 Å². The number of fused-ring (bicyclic) bond motifs is 1. The molecule has 0 N–H and O–H groups in total. The Morgan fingerprint density at radius 1 is 0.750 bits per heavy atom. The second-order valence-electron chi connectivity index (χ2n) is 3.90. The molecular weight excluding hydrogens is 156 g/mol. The monoisotopic (exact) mass is 170 g/mol. The van der Waals surface area contributed by atoms with Crippen LogP contribution in [-0.2, 0) is 14.2 Å². The van der Waals surface area contributed by atoms with Crippen molar-refractivity contribution in [3.8, 4) is 0 Å². The van der Waals surface area contributed by atoms with E-state index in [1.54, 1.807) is 0 Å². The van der Waals surface area contributed by atoms with Crippen LogP contribution in [0.4, 0.5) is 0 Å². The normalized spacial score (nSPS) is 52.0. The van der Waals surface area contributed by atoms with Crippen LogP contribution in [0.25, 0.3) is 0 Å². The van der Waals surface area contributed by atoms with Crippen LogP contribution in [0.5, 0.6) is 0 Å². The molecule has 3 aliphatic rings. The molecule has 0 radical (unpaired) electrons. The summed E-state index contributed by atoms with van der Waals surface area (Å²) in [4.78, 5) is 0. The largest absolute Gasteiger partial charge is 0.369 e. The van der Waals surface area contributed by atoms with E-state index in [1.807, 2.05) is 0 Å². The molecule has 3 nitrogen and oxygen atoms in total. The van der Waals surface area contributed by atoms with E-state index in [9.17, 15) is 0 Å². The quantitative estimate of drug-likeness (QED) is 0.544. The van der Waals surface area contributed by atoms with E-state index >= 15 is 0 Å². The van der Waals surface area contributed by atoms with E-state index in [0.717, 1.165) is 45.5 Å². The molecule has 0 aliphatic carbocycles. The van der Waals surface area contributed by atoms with Gasteiger partial charge >= 0.3 is 0 Å². The lowest BCUT2D eigenvalue weighted by Gasteiger charge is -2.47. The second kappa shape index (κ2) is 2.22. The molecule has 12 heavy (non-hydrogen) atoms. The van der Waals surface area contributed by atoms with Gasteiger partial charge in [-0.1, -0.05) is 0 Å². The van der Waals surface area contributed by atoms with Gasteiger partial charge in [-0.2, -0.15) is 0 Å². The summed E-state index contributed by atoms with van der Waals surface area (Å²) in [5.74, 6) is -0.330. The summed E-state index contributed by atoms with van der Waals surface area (Å²) in [5.41, 5.74) is -0.0642. The zero-order valence-electron chi connectivity index (χ0n) is 7.17. The highest BCUT2D eigenvalue weighted by Crippen LogP contribution is 2.51. The molecule has 3 aliphatic heterocycles. The van der Waals surface area contributed by atoms with Gasteiger partial charge in [-0.05, 0) is 12.8 Å². The van der Waals surface area contributed by atoms with Crippen molar-refractivity contribution in [3.05, 3.63) is 0 Å². The predicted octanol–water partition coefficient (Wildman–Crippen LogP) is 1.07. The van der Waals surface area contributed by atoms with Gasteiger partial charge in [0.1, 0.15) is 5.60 Å². The lowest BCUT2D eigenvalue weighted by molar-refractivity contribution is -0.344. The predicted molar refractivity (Wildman–Crippen MR) is 41.8 cm³/mol. The number of hydrogen-bond acceptors (Lipinski definition) is 3. The van der Waals surface area contributed by atoms with Crippen LogP contribution in [0.3, 0.4) is 0 Å². The van der Waals surface area contributed by atoms with Crippen molar-refractivity contribution in [1.82, 2.24) is 0 Å². The number of ether oxygens (including phenoxy) is 3. The maximum Gasteiger partial charge on any atom is 0.199 e. The van der Waals surface area contributed by atoms with E-state index in [2.05, 4.69) is 0 Å². The van der Waals surface area contributed by atoms with Crippen LogP contribution in [0.1, 0.15) is 25.7 Å². The van der Waals surface area contributed by atoms with Gasteiger partial charge in [0.15, 0.2) is 5.79 Å². The second-order valence-corrected chi connectivity index (χ2v) is 3.90. The van der Waals surface area contributed by atoms with Gasteiger partial charge in [0.2, 0.25) is 0 Å². The smallest absolute Gasteiger partial charge is 0.199 e. The molecule has 3 rings (SSSR count). The van der Waals surface area contributed by atoms with Gasteiger partial charge in [0.05, 0.1) is 13.2 Å². The van der Waals surface area contributed by atoms with Crippen molar-refractivity contribution >= 4 is 0 Å². The van der Waals surface area contributed by atoms with E-state index in [1.165, 1.54) is 0 Å². The van der Waals surface area contributed by atoms with Crippen molar-refractivity contribution in [2.75, 3.05) is 19.8 Å². The summed E-state index contributed by atoms with van der Waals surface area (Å²) in [5, 5.41) is 0. The van der Waals surface area contributed by atoms with Crippen LogP contribution in [0.2, 0.25) is 0 Å². The molecule has 0 saturated carbocycles. The number of hydrogen-bond donors (Lipinski definition) is 0. The molecule has 3 heterocycles. The molecule has 0 bridgehead atoms. The topological polar surface area (TPSA) is 27.7 Å². The maximum absolute atomic E-state index is 5.81. The maximum atomic E-state index is 5.81. The van der Waals surface area contributed by atoms with Gasteiger partial charge in [0, 0.05) is 19.4 Å². The lowest BCUT2D eigenvalue weighted by Crippen LogP contribution is -2.59. The molecule has 3 saturated heterocycles. The van der Waals surface area contributed by atoms with Crippen LogP contribution in [0.15, 0.2) is 0 Å². The van der Waals surface area contributed by atoms with E-state index in [4.69, 9.17) is 14.2 Å². The summed E-state index contributed by atoms with van der Waals surface area (Å²) in [7, 11) is 0. The minimum Gasteiger partial charge on any atom is -0.369 e. The van der Waals surface area contributed by atoms with Gasteiger partial charge < -0.3 is 14.2 Å². The van der Waals surface area contributed by atoms with Crippen molar-refractivity contribution in [2.24, 2.45) is 0 Å². The molecule has 2 spiro atoms. The first-order valence-electron chi connectivity index (χ1n) is 4.79. The third kappa shape index (κ3) is 0.679. The Kier molecular flexibility index (Phi) is 1.35. The Labute approximate surface area is 72.0 Å². The van der Waals surface area contributed by atoms with Gasteiger partial charge in [0.25, 0.3) is 0 Å². The van der Waals surface area contributed by atoms with Crippen molar-refractivity contribution < 1.29 is 14.2 Å². The standard InChI is InChI=1S/C9H14O3/c1-2-8(10-5-1)3-6-11-9(8)4-7-12-9/h1-7H2. The van der Waals surface area contributed by atoms with Crippen LogP contribution >= 0.6 is 0 Å². The Morgan fingerprint density at radius 2 is 1.58 bits per heavy atom. The molecular formula is C9H14O3. The van der Waals surface area contributed by atoms with Crippen molar-refractivity contribution in [1.29, 1.82) is 0 Å². The fourth-order valence-corrected chi connectivity index (χ4v) is 2.66. The van der Waals surface area contributed by atoms with E-state index in [-0.39, 0.29) is 11.4 Å². The molecule has 0 amide bonds. The average molecular weight is 170 g/mol. The minimum absolute atomic E-state index is 0.0642. The summed E-state index contributed by atoms with van der Waals surface area (Å²) in [6.45, 7) is 2.53. The highest BCUT2D eigenvalue weighted by Gasteiger charge is 2.63. The van der Waals surface area contributed by atoms with Gasteiger partial charge in [-0.15, -0.1) is 0 Å². The molecule has 68 valence electrons. The highest BCUT2D eigenvalue weighted by atomic mass is 16.7. The summed E-state index contributed by atoms with van der Waals surface area (Å²) >= 11 is 0. The van der Waals surface area contributed by atoms with Gasteiger partial charge in [-0.3, -0.25) is 0 Å². The Balaban J connectivity index is 1.91. The first kappa shape index (κ1) is 7.30. The lowest BCUT2D eigenvalue weighted by atomic mass is 9.84. The molecule has 2 atom stereocenters. The van der Waals surface area contributed by atoms with Crippen molar-refractivity contribution in [3.63, 3.8) is 0 Å². The molecule has 0 aromatic carbocycles. The van der Waals surface area contributed by atoms with Crippen LogP contribution in [-0.4, -0.2) is 31.2 Å². The minimum atomic E-state index is -0.330. The number of rotatable bonds is 0. The Hall–Kier alpha value is -0.120. The highest BCUT2D eigenvalue weighted by molar-refractivity contribution is 5.05. The van der Waals surface area contributed by atoms with E-state index in [0.29, 0.717) is 0 Å². The van der Waals surface area contributed by atoms with E-state index < -0.39 is 0 Å². The summed E-state index contributed by atoms with van der Waals surface area (Å²) in [6, 6.07) is 0. The zero-order chi connectivity index (χ0) is 8.07. The van der Waals surface area contributed by atoms with Gasteiger partial charge in [-0.25, -0.2) is 0 Å². The molecule has 0 aromatic heterocycles. The molecule has 0 aromatic rings. The summed E-state index contributed by atoms with van der Waals surface area (Å²) in [6.07, 6.45) is 4.32. The fourth-order valence-electron chi connectivity index (χ4n) is 2.66. The van der Waals surface area contributed by atoms with Crippen LogP contribution < -0.4 is 0 Å². The molecule has 3 fully saturated rings. The third-order valence-electron chi connectivity index (χ3n) is 3.41. The fraction of sp³-hybridized carbons (Fsp3) is 1.00. The molecule has 2 unspecified atom stereocenters. The first-order valence-corrected chi connectivity index (χ1v) is 4.79. The third-order valence-corrected chi connectivity index (χ3v) is 3.41. The van der Waals surface area contributed by atoms with Crippen molar-refractivity contribution in [2.45, 2.75) is 37.1 Å².